The number of carbonyl (C=O) groups is 1. The molecule has 0 fully saturated rings. The normalized spacial score (nSPS) is 12.9. The number of carbonyl (C=O) groups excluding carboxylic acids is 1. The van der Waals surface area contributed by atoms with Gasteiger partial charge in [-0.1, -0.05) is 24.3 Å². The average Bonchev–Trinajstić information content (AvgIpc) is 2.46. The van der Waals surface area contributed by atoms with Crippen LogP contribution in [0.3, 0.4) is 0 Å². The summed E-state index contributed by atoms with van der Waals surface area (Å²) < 4.78 is 35.9. The van der Waals surface area contributed by atoms with Crippen molar-refractivity contribution in [1.29, 1.82) is 0 Å². The van der Waals surface area contributed by atoms with Crippen LogP contribution in [-0.4, -0.2) is 20.5 Å². The van der Waals surface area contributed by atoms with Gasteiger partial charge in [-0.2, -0.15) is 0 Å². The maximum Gasteiger partial charge on any atom is 0.184 e. The first kappa shape index (κ1) is 15.3. The lowest BCUT2D eigenvalue weighted by Crippen LogP contribution is -2.21. The molecule has 2 aromatic carbocycles. The maximum atomic E-state index is 12.9. The Hall–Kier alpha value is -2.05. The number of sulfone groups is 1. The summed E-state index contributed by atoms with van der Waals surface area (Å²) in [5.41, 5.74) is 6.53. The molecule has 2 N–H and O–H groups in total. The summed E-state index contributed by atoms with van der Waals surface area (Å²) in [7, 11) is -3.40. The molecule has 0 aliphatic carbocycles. The van der Waals surface area contributed by atoms with Crippen molar-refractivity contribution in [2.45, 2.75) is 10.9 Å². The van der Waals surface area contributed by atoms with E-state index in [0.717, 1.165) is 6.26 Å². The Morgan fingerprint density at radius 1 is 1.14 bits per heavy atom. The molecule has 0 heterocycles. The van der Waals surface area contributed by atoms with Crippen LogP contribution >= 0.6 is 0 Å². The molecule has 0 aliphatic heterocycles. The van der Waals surface area contributed by atoms with Crippen LogP contribution in [0.25, 0.3) is 0 Å². The molecule has 0 spiro atoms. The fourth-order valence-corrected chi connectivity index (χ4v) is 2.55. The minimum Gasteiger partial charge on any atom is -0.318 e. The van der Waals surface area contributed by atoms with E-state index in [-0.39, 0.29) is 10.5 Å². The number of benzene rings is 2. The minimum atomic E-state index is -3.40. The quantitative estimate of drug-likeness (QED) is 0.878. The molecule has 0 amide bonds. The van der Waals surface area contributed by atoms with Crippen LogP contribution in [0.5, 0.6) is 0 Å². The Labute approximate surface area is 122 Å². The van der Waals surface area contributed by atoms with E-state index in [1.165, 1.54) is 48.5 Å². The van der Waals surface area contributed by atoms with Gasteiger partial charge in [0, 0.05) is 11.8 Å². The van der Waals surface area contributed by atoms with Gasteiger partial charge in [0.25, 0.3) is 0 Å². The number of nitrogens with two attached hydrogens (primary N) is 1. The van der Waals surface area contributed by atoms with Crippen LogP contribution in [-0.2, 0) is 9.84 Å². The summed E-state index contributed by atoms with van der Waals surface area (Å²) in [6, 6.07) is 10.0. The molecule has 110 valence electrons. The highest BCUT2D eigenvalue weighted by atomic mass is 32.2. The predicted octanol–water partition coefficient (Wildman–Crippen LogP) is 2.11. The van der Waals surface area contributed by atoms with E-state index in [1.54, 1.807) is 0 Å². The zero-order valence-corrected chi connectivity index (χ0v) is 12.1. The topological polar surface area (TPSA) is 77.2 Å². The lowest BCUT2D eigenvalue weighted by atomic mass is 9.98. The first-order valence-electron chi connectivity index (χ1n) is 6.14. The van der Waals surface area contributed by atoms with Gasteiger partial charge in [-0.05, 0) is 29.8 Å². The molecule has 1 atom stereocenters. The Balaban J connectivity index is 2.34. The number of rotatable bonds is 4. The molecule has 2 rings (SSSR count). The molecular weight excluding hydrogens is 293 g/mol. The smallest absolute Gasteiger partial charge is 0.184 e. The largest absolute Gasteiger partial charge is 0.318 e. The van der Waals surface area contributed by atoms with Crippen LogP contribution in [0.1, 0.15) is 22.0 Å². The van der Waals surface area contributed by atoms with E-state index < -0.39 is 27.5 Å². The van der Waals surface area contributed by atoms with Crippen molar-refractivity contribution in [3.63, 3.8) is 0 Å². The molecule has 21 heavy (non-hydrogen) atoms. The van der Waals surface area contributed by atoms with Crippen LogP contribution in [0, 0.1) is 5.82 Å². The van der Waals surface area contributed by atoms with E-state index in [9.17, 15) is 17.6 Å². The maximum absolute atomic E-state index is 12.9. The monoisotopic (exact) mass is 307 g/mol. The third-order valence-corrected chi connectivity index (χ3v) is 4.17. The predicted molar refractivity (Wildman–Crippen MR) is 77.2 cm³/mol. The Kier molecular flexibility index (Phi) is 4.20. The number of hydrogen-bond donors (Lipinski definition) is 1. The van der Waals surface area contributed by atoms with Crippen molar-refractivity contribution in [1.82, 2.24) is 0 Å². The van der Waals surface area contributed by atoms with Gasteiger partial charge >= 0.3 is 0 Å². The van der Waals surface area contributed by atoms with Crippen LogP contribution in [0.4, 0.5) is 4.39 Å². The van der Waals surface area contributed by atoms with Crippen LogP contribution in [0.15, 0.2) is 53.4 Å². The average molecular weight is 307 g/mol. The lowest BCUT2D eigenvalue weighted by molar-refractivity contribution is 0.0961. The second-order valence-corrected chi connectivity index (χ2v) is 6.71. The lowest BCUT2D eigenvalue weighted by Gasteiger charge is -2.11. The highest BCUT2D eigenvalue weighted by Crippen LogP contribution is 2.19. The molecule has 0 bridgehead atoms. The summed E-state index contributed by atoms with van der Waals surface area (Å²) >= 11 is 0. The molecule has 1 unspecified atom stereocenters. The number of halogens is 1. The van der Waals surface area contributed by atoms with E-state index in [2.05, 4.69) is 0 Å². The molecule has 0 aliphatic rings. The van der Waals surface area contributed by atoms with Crippen molar-refractivity contribution < 1.29 is 17.6 Å². The molecule has 0 saturated heterocycles. The van der Waals surface area contributed by atoms with Gasteiger partial charge in [0.1, 0.15) is 5.82 Å². The first-order chi connectivity index (χ1) is 9.79. The zero-order valence-electron chi connectivity index (χ0n) is 11.3. The Morgan fingerprint density at radius 2 is 1.76 bits per heavy atom. The van der Waals surface area contributed by atoms with E-state index in [1.807, 2.05) is 0 Å². The molecule has 4 nitrogen and oxygen atoms in total. The molecule has 0 radical (unpaired) electrons. The summed E-state index contributed by atoms with van der Waals surface area (Å²) in [4.78, 5) is 12.4. The third kappa shape index (κ3) is 3.53. The van der Waals surface area contributed by atoms with E-state index >= 15 is 0 Å². The summed E-state index contributed by atoms with van der Waals surface area (Å²) in [6.45, 7) is 0. The zero-order chi connectivity index (χ0) is 15.6. The second kappa shape index (κ2) is 5.75. The third-order valence-electron chi connectivity index (χ3n) is 3.06. The Bertz CT molecular complexity index is 770. The standard InChI is InChI=1S/C15H14FNO3S/c1-21(19,20)13-4-2-3-11(9-13)15(18)14(17)10-5-7-12(16)8-6-10/h2-9,14H,17H2,1H3. The first-order valence-corrected chi connectivity index (χ1v) is 8.03. The van der Waals surface area contributed by atoms with Gasteiger partial charge in [-0.25, -0.2) is 12.8 Å². The van der Waals surface area contributed by atoms with Crippen LogP contribution in [0.2, 0.25) is 0 Å². The highest BCUT2D eigenvalue weighted by Gasteiger charge is 2.19. The van der Waals surface area contributed by atoms with Gasteiger partial charge in [0.2, 0.25) is 0 Å². The van der Waals surface area contributed by atoms with Crippen LogP contribution < -0.4 is 5.73 Å². The van der Waals surface area contributed by atoms with Gasteiger partial charge in [0.15, 0.2) is 15.6 Å². The van der Waals surface area contributed by atoms with Crippen molar-refractivity contribution in [2.24, 2.45) is 5.73 Å². The second-order valence-electron chi connectivity index (χ2n) is 4.69. The van der Waals surface area contributed by atoms with Crippen molar-refractivity contribution >= 4 is 15.6 Å². The highest BCUT2D eigenvalue weighted by molar-refractivity contribution is 7.90. The van der Waals surface area contributed by atoms with Gasteiger partial charge in [-0.15, -0.1) is 0 Å². The van der Waals surface area contributed by atoms with E-state index in [0.29, 0.717) is 5.56 Å². The van der Waals surface area contributed by atoms with Gasteiger partial charge in [0.05, 0.1) is 10.9 Å². The van der Waals surface area contributed by atoms with Crippen molar-refractivity contribution in [2.75, 3.05) is 6.26 Å². The van der Waals surface area contributed by atoms with Crippen molar-refractivity contribution in [3.05, 3.63) is 65.5 Å². The molecule has 6 heteroatoms. The van der Waals surface area contributed by atoms with Gasteiger partial charge < -0.3 is 5.73 Å². The van der Waals surface area contributed by atoms with Gasteiger partial charge in [-0.3, -0.25) is 4.79 Å². The Morgan fingerprint density at radius 3 is 2.33 bits per heavy atom. The number of Topliss-reactive ketones (excluding diaryl/α,β-unsaturated/α-hetero) is 1. The summed E-state index contributed by atoms with van der Waals surface area (Å²) in [6.07, 6.45) is 1.07. The number of ketones is 1. The molecular formula is C15H14FNO3S. The fourth-order valence-electron chi connectivity index (χ4n) is 1.88. The summed E-state index contributed by atoms with van der Waals surface area (Å²) in [5.74, 6) is -0.843. The molecule has 2 aromatic rings. The fraction of sp³-hybridized carbons (Fsp3) is 0.133. The SMILES string of the molecule is CS(=O)(=O)c1cccc(C(=O)C(N)c2ccc(F)cc2)c1. The molecule has 0 aromatic heterocycles. The summed E-state index contributed by atoms with van der Waals surface area (Å²) in [5, 5.41) is 0. The molecule has 0 saturated carbocycles. The minimum absolute atomic E-state index is 0.0552. The van der Waals surface area contributed by atoms with Crippen molar-refractivity contribution in [3.8, 4) is 0 Å². The number of hydrogen-bond acceptors (Lipinski definition) is 4. The van der Waals surface area contributed by atoms with E-state index in [4.69, 9.17) is 5.73 Å².